The third kappa shape index (κ3) is 5.51. The highest BCUT2D eigenvalue weighted by molar-refractivity contribution is 7.92. The highest BCUT2D eigenvalue weighted by Crippen LogP contribution is 2.31. The van der Waals surface area contributed by atoms with Crippen LogP contribution in [0.1, 0.15) is 28.3 Å². The van der Waals surface area contributed by atoms with Crippen molar-refractivity contribution in [3.05, 3.63) is 95.1 Å². The third-order valence-corrected chi connectivity index (χ3v) is 6.48. The van der Waals surface area contributed by atoms with E-state index < -0.39 is 22.0 Å². The van der Waals surface area contributed by atoms with Crippen LogP contribution in [0.3, 0.4) is 0 Å². The molecule has 0 fully saturated rings. The lowest BCUT2D eigenvalue weighted by Gasteiger charge is -2.23. The number of hydrogen-bond acceptors (Lipinski definition) is 5. The first-order valence-corrected chi connectivity index (χ1v) is 11.3. The van der Waals surface area contributed by atoms with Crippen LogP contribution in [0.25, 0.3) is 0 Å². The Morgan fingerprint density at radius 3 is 2.32 bits per heavy atom. The van der Waals surface area contributed by atoms with Gasteiger partial charge in [0.15, 0.2) is 0 Å². The molecule has 0 aliphatic heterocycles. The van der Waals surface area contributed by atoms with Gasteiger partial charge >= 0.3 is 5.97 Å². The summed E-state index contributed by atoms with van der Waals surface area (Å²) >= 11 is 0. The summed E-state index contributed by atoms with van der Waals surface area (Å²) in [6.07, 6.45) is 0. The Balaban J connectivity index is 2.05. The summed E-state index contributed by atoms with van der Waals surface area (Å²) in [5, 5.41) is 3.20. The average Bonchev–Trinajstić information content (AvgIpc) is 2.76. The molecule has 0 amide bonds. The van der Waals surface area contributed by atoms with Crippen molar-refractivity contribution in [1.29, 1.82) is 0 Å². The number of methoxy groups -OCH3 is 1. The van der Waals surface area contributed by atoms with Crippen LogP contribution in [0.2, 0.25) is 0 Å². The van der Waals surface area contributed by atoms with Crippen LogP contribution < -0.4 is 10.0 Å². The van der Waals surface area contributed by atoms with E-state index in [1.807, 2.05) is 49.4 Å². The lowest BCUT2D eigenvalue weighted by molar-refractivity contribution is -0.139. The number of benzene rings is 3. The van der Waals surface area contributed by atoms with Gasteiger partial charge in [-0.15, -0.1) is 0 Å². The monoisotopic (exact) mass is 438 g/mol. The predicted molar refractivity (Wildman–Crippen MR) is 121 cm³/mol. The molecule has 0 saturated heterocycles. The largest absolute Gasteiger partial charge is 0.468 e. The second kappa shape index (κ2) is 9.76. The molecule has 3 aromatic carbocycles. The molecule has 2 N–H and O–H groups in total. The van der Waals surface area contributed by atoms with Crippen LogP contribution in [0, 0.1) is 13.8 Å². The van der Waals surface area contributed by atoms with Gasteiger partial charge in [-0.3, -0.25) is 14.8 Å². The molecule has 31 heavy (non-hydrogen) atoms. The fourth-order valence-electron chi connectivity index (χ4n) is 3.38. The summed E-state index contributed by atoms with van der Waals surface area (Å²) in [7, 11) is -2.47. The Kier molecular flexibility index (Phi) is 7.09. The first kappa shape index (κ1) is 22.5. The highest BCUT2D eigenvalue weighted by Gasteiger charge is 2.23. The number of rotatable bonds is 8. The molecular formula is C24H26N2O4S. The van der Waals surface area contributed by atoms with Crippen LogP contribution in [-0.2, 0) is 19.6 Å². The zero-order valence-corrected chi connectivity index (χ0v) is 18.6. The van der Waals surface area contributed by atoms with E-state index in [4.69, 9.17) is 4.74 Å². The molecule has 3 aromatic rings. The van der Waals surface area contributed by atoms with E-state index in [0.717, 1.165) is 11.1 Å². The van der Waals surface area contributed by atoms with Gasteiger partial charge in [-0.1, -0.05) is 66.2 Å². The Bertz CT molecular complexity index is 1160. The van der Waals surface area contributed by atoms with Crippen LogP contribution in [-0.4, -0.2) is 28.0 Å². The molecule has 0 aromatic heterocycles. The van der Waals surface area contributed by atoms with Crippen LogP contribution in [0.4, 0.5) is 5.69 Å². The van der Waals surface area contributed by atoms with E-state index in [1.54, 1.807) is 37.3 Å². The molecule has 0 spiro atoms. The summed E-state index contributed by atoms with van der Waals surface area (Å²) in [6, 6.07) is 21.5. The second-order valence-electron chi connectivity index (χ2n) is 7.26. The van der Waals surface area contributed by atoms with E-state index in [9.17, 15) is 13.2 Å². The van der Waals surface area contributed by atoms with Gasteiger partial charge in [0.1, 0.15) is 0 Å². The van der Waals surface area contributed by atoms with Crippen molar-refractivity contribution in [1.82, 2.24) is 5.32 Å². The molecule has 1 unspecified atom stereocenters. The minimum atomic E-state index is -3.80. The molecule has 0 aliphatic rings. The number of anilines is 1. The summed E-state index contributed by atoms with van der Waals surface area (Å²) in [5.41, 5.74) is 3.68. The molecule has 0 aliphatic carbocycles. The fraction of sp³-hybridized carbons (Fsp3) is 0.208. The maximum Gasteiger partial charge on any atom is 0.319 e. The predicted octanol–water partition coefficient (Wildman–Crippen LogP) is 3.96. The SMILES string of the molecule is COC(=O)CNC(c1ccccc1)c1cc(C)ccc1NS(=O)(=O)c1ccccc1C. The molecule has 7 heteroatoms. The number of hydrogen-bond donors (Lipinski definition) is 2. The number of sulfonamides is 1. The Hall–Kier alpha value is -3.16. The number of ether oxygens (including phenoxy) is 1. The van der Waals surface area contributed by atoms with Crippen molar-refractivity contribution >= 4 is 21.7 Å². The Morgan fingerprint density at radius 1 is 0.968 bits per heavy atom. The lowest BCUT2D eigenvalue weighted by Crippen LogP contribution is -2.30. The van der Waals surface area contributed by atoms with Gasteiger partial charge in [0, 0.05) is 0 Å². The van der Waals surface area contributed by atoms with E-state index in [0.29, 0.717) is 16.8 Å². The van der Waals surface area contributed by atoms with Gasteiger partial charge in [0.25, 0.3) is 10.0 Å². The first-order chi connectivity index (χ1) is 14.8. The second-order valence-corrected chi connectivity index (χ2v) is 8.91. The van der Waals surface area contributed by atoms with Crippen molar-refractivity contribution in [2.75, 3.05) is 18.4 Å². The Labute approximate surface area is 183 Å². The van der Waals surface area contributed by atoms with E-state index >= 15 is 0 Å². The molecule has 1 atom stereocenters. The standard InChI is InChI=1S/C24H26N2O4S/c1-17-13-14-21(26-31(28,29)22-12-8-7-9-18(22)2)20(15-17)24(25-16-23(27)30-3)19-10-5-4-6-11-19/h4-15,24-26H,16H2,1-3H3. The number of aryl methyl sites for hydroxylation is 2. The molecular weight excluding hydrogens is 412 g/mol. The van der Waals surface area contributed by atoms with Gasteiger partial charge in [0.05, 0.1) is 30.3 Å². The Morgan fingerprint density at radius 2 is 1.65 bits per heavy atom. The van der Waals surface area contributed by atoms with E-state index in [-0.39, 0.29) is 11.4 Å². The molecule has 0 saturated carbocycles. The molecule has 0 bridgehead atoms. The van der Waals surface area contributed by atoms with E-state index in [2.05, 4.69) is 10.0 Å². The topological polar surface area (TPSA) is 84.5 Å². The van der Waals surface area contributed by atoms with Crippen LogP contribution in [0.15, 0.2) is 77.7 Å². The molecule has 0 heterocycles. The number of nitrogens with one attached hydrogen (secondary N) is 2. The van der Waals surface area contributed by atoms with Crippen molar-refractivity contribution in [3.8, 4) is 0 Å². The zero-order valence-electron chi connectivity index (χ0n) is 17.8. The maximum absolute atomic E-state index is 13.1. The number of carbonyl (C=O) groups excluding carboxylic acids is 1. The number of carbonyl (C=O) groups is 1. The zero-order chi connectivity index (χ0) is 22.4. The maximum atomic E-state index is 13.1. The molecule has 0 radical (unpaired) electrons. The van der Waals surface area contributed by atoms with Crippen LogP contribution >= 0.6 is 0 Å². The molecule has 162 valence electrons. The van der Waals surface area contributed by atoms with Gasteiger partial charge in [-0.05, 0) is 42.7 Å². The van der Waals surface area contributed by atoms with Crippen molar-refractivity contribution in [3.63, 3.8) is 0 Å². The van der Waals surface area contributed by atoms with Gasteiger partial charge in [-0.25, -0.2) is 8.42 Å². The summed E-state index contributed by atoms with van der Waals surface area (Å²) in [5.74, 6) is -0.407. The normalized spacial score (nSPS) is 12.2. The van der Waals surface area contributed by atoms with Crippen molar-refractivity contribution in [2.24, 2.45) is 0 Å². The smallest absolute Gasteiger partial charge is 0.319 e. The first-order valence-electron chi connectivity index (χ1n) is 9.86. The van der Waals surface area contributed by atoms with Crippen molar-refractivity contribution < 1.29 is 17.9 Å². The van der Waals surface area contributed by atoms with Gasteiger partial charge in [0.2, 0.25) is 0 Å². The highest BCUT2D eigenvalue weighted by atomic mass is 32.2. The molecule has 3 rings (SSSR count). The summed E-state index contributed by atoms with van der Waals surface area (Å²) in [6.45, 7) is 3.68. The van der Waals surface area contributed by atoms with E-state index in [1.165, 1.54) is 7.11 Å². The van der Waals surface area contributed by atoms with Gasteiger partial charge in [-0.2, -0.15) is 0 Å². The minimum Gasteiger partial charge on any atom is -0.468 e. The third-order valence-electron chi connectivity index (χ3n) is 4.96. The quantitative estimate of drug-likeness (QED) is 0.520. The lowest BCUT2D eigenvalue weighted by atomic mass is 9.96. The summed E-state index contributed by atoms with van der Waals surface area (Å²) < 4.78 is 33.8. The van der Waals surface area contributed by atoms with Crippen LogP contribution in [0.5, 0.6) is 0 Å². The van der Waals surface area contributed by atoms with Crippen molar-refractivity contribution in [2.45, 2.75) is 24.8 Å². The van der Waals surface area contributed by atoms with Gasteiger partial charge < -0.3 is 4.74 Å². The minimum absolute atomic E-state index is 0.0199. The fourth-order valence-corrected chi connectivity index (χ4v) is 4.72. The number of esters is 1. The summed E-state index contributed by atoms with van der Waals surface area (Å²) in [4.78, 5) is 12.0. The molecule has 6 nitrogen and oxygen atoms in total. The average molecular weight is 439 g/mol.